The Labute approximate surface area is 124 Å². The average molecular weight is 277 g/mol. The molecular formula is C18H31NO. The van der Waals surface area contributed by atoms with Gasteiger partial charge in [0.15, 0.2) is 0 Å². The van der Waals surface area contributed by atoms with E-state index in [9.17, 15) is 0 Å². The maximum absolute atomic E-state index is 5.48. The van der Waals surface area contributed by atoms with Gasteiger partial charge in [0, 0.05) is 0 Å². The number of nitrogens with one attached hydrogen (secondary N) is 1. The van der Waals surface area contributed by atoms with Gasteiger partial charge in [-0.3, -0.25) is 0 Å². The lowest BCUT2D eigenvalue weighted by Crippen LogP contribution is -2.25. The summed E-state index contributed by atoms with van der Waals surface area (Å²) >= 11 is 0. The molecular weight excluding hydrogens is 246 g/mol. The molecule has 1 unspecified atom stereocenters. The van der Waals surface area contributed by atoms with Gasteiger partial charge < -0.3 is 10.1 Å². The largest absolute Gasteiger partial charge is 0.496 e. The molecule has 2 nitrogen and oxygen atoms in total. The van der Waals surface area contributed by atoms with Crippen LogP contribution in [0, 0.1) is 5.92 Å². The molecule has 0 amide bonds. The summed E-state index contributed by atoms with van der Waals surface area (Å²) in [7, 11) is 1.76. The Balaban J connectivity index is 2.56. The molecule has 1 aromatic carbocycles. The van der Waals surface area contributed by atoms with Gasteiger partial charge in [-0.25, -0.2) is 0 Å². The van der Waals surface area contributed by atoms with Crippen LogP contribution in [0.25, 0.3) is 0 Å². The number of benzene rings is 1. The van der Waals surface area contributed by atoms with Crippen LogP contribution in [0.2, 0.25) is 0 Å². The van der Waals surface area contributed by atoms with Gasteiger partial charge in [0.1, 0.15) is 5.75 Å². The highest BCUT2D eigenvalue weighted by Gasteiger charge is 2.12. The van der Waals surface area contributed by atoms with Gasteiger partial charge in [-0.1, -0.05) is 51.3 Å². The summed E-state index contributed by atoms with van der Waals surface area (Å²) in [6.07, 6.45) is 7.60. The first-order chi connectivity index (χ1) is 9.81. The van der Waals surface area contributed by atoms with Gasteiger partial charge in [-0.15, -0.1) is 0 Å². The molecule has 0 fully saturated rings. The van der Waals surface area contributed by atoms with E-state index in [1.807, 2.05) is 6.07 Å². The van der Waals surface area contributed by atoms with Crippen molar-refractivity contribution in [2.75, 3.05) is 20.2 Å². The van der Waals surface area contributed by atoms with Crippen molar-refractivity contribution in [2.45, 2.75) is 52.4 Å². The molecule has 1 N–H and O–H groups in total. The van der Waals surface area contributed by atoms with E-state index in [4.69, 9.17) is 4.74 Å². The van der Waals surface area contributed by atoms with Gasteiger partial charge in [0.2, 0.25) is 0 Å². The third-order valence-electron chi connectivity index (χ3n) is 3.78. The van der Waals surface area contributed by atoms with Gasteiger partial charge in [0.05, 0.1) is 7.11 Å². The minimum atomic E-state index is 0.712. The molecule has 0 aromatic heterocycles. The van der Waals surface area contributed by atoms with Crippen LogP contribution in [0.1, 0.15) is 51.5 Å². The highest BCUT2D eigenvalue weighted by Crippen LogP contribution is 2.23. The smallest absolute Gasteiger partial charge is 0.122 e. The van der Waals surface area contributed by atoms with Crippen LogP contribution in [0.4, 0.5) is 0 Å². The number of unbranched alkanes of at least 4 members (excludes halogenated alkanes) is 2. The standard InChI is InChI=1S/C18H31NO/c1-4-6-7-10-16(15-19-13-5-2)14-17-11-8-9-12-18(17)20-3/h8-9,11-12,16,19H,4-7,10,13-15H2,1-3H3. The van der Waals surface area contributed by atoms with Crippen LogP contribution in [-0.2, 0) is 6.42 Å². The van der Waals surface area contributed by atoms with E-state index in [0.29, 0.717) is 5.92 Å². The van der Waals surface area contributed by atoms with E-state index in [2.05, 4.69) is 37.4 Å². The van der Waals surface area contributed by atoms with Crippen LogP contribution >= 0.6 is 0 Å². The Morgan fingerprint density at radius 3 is 2.60 bits per heavy atom. The lowest BCUT2D eigenvalue weighted by atomic mass is 9.93. The summed E-state index contributed by atoms with van der Waals surface area (Å²) in [5.41, 5.74) is 1.34. The van der Waals surface area contributed by atoms with E-state index in [-0.39, 0.29) is 0 Å². The Morgan fingerprint density at radius 1 is 1.10 bits per heavy atom. The molecule has 0 bridgehead atoms. The van der Waals surface area contributed by atoms with Crippen molar-refractivity contribution in [1.82, 2.24) is 5.32 Å². The third kappa shape index (κ3) is 6.42. The molecule has 0 aliphatic carbocycles. The Hall–Kier alpha value is -1.02. The molecule has 1 aromatic rings. The first-order valence-corrected chi connectivity index (χ1v) is 8.14. The molecule has 0 spiro atoms. The maximum Gasteiger partial charge on any atom is 0.122 e. The number of methoxy groups -OCH3 is 1. The van der Waals surface area contributed by atoms with Crippen molar-refractivity contribution in [3.8, 4) is 5.75 Å². The molecule has 1 atom stereocenters. The van der Waals surface area contributed by atoms with Crippen molar-refractivity contribution >= 4 is 0 Å². The molecule has 1 rings (SSSR count). The number of hydrogen-bond acceptors (Lipinski definition) is 2. The highest BCUT2D eigenvalue weighted by atomic mass is 16.5. The lowest BCUT2D eigenvalue weighted by molar-refractivity contribution is 0.391. The predicted molar refractivity (Wildman–Crippen MR) is 87.5 cm³/mol. The molecule has 2 heteroatoms. The van der Waals surface area contributed by atoms with Crippen LogP contribution in [0.5, 0.6) is 5.75 Å². The summed E-state index contributed by atoms with van der Waals surface area (Å²) in [5, 5.41) is 3.58. The van der Waals surface area contributed by atoms with E-state index in [0.717, 1.165) is 25.3 Å². The fraction of sp³-hybridized carbons (Fsp3) is 0.667. The monoisotopic (exact) mass is 277 g/mol. The van der Waals surface area contributed by atoms with Crippen molar-refractivity contribution < 1.29 is 4.74 Å². The van der Waals surface area contributed by atoms with E-state index < -0.39 is 0 Å². The molecule has 0 saturated heterocycles. The van der Waals surface area contributed by atoms with Crippen LogP contribution in [0.15, 0.2) is 24.3 Å². The topological polar surface area (TPSA) is 21.3 Å². The average Bonchev–Trinajstić information content (AvgIpc) is 2.48. The zero-order valence-corrected chi connectivity index (χ0v) is 13.5. The molecule has 0 heterocycles. The predicted octanol–water partition coefficient (Wildman–Crippen LogP) is 4.43. The highest BCUT2D eigenvalue weighted by molar-refractivity contribution is 5.33. The van der Waals surface area contributed by atoms with E-state index in [1.165, 1.54) is 37.7 Å². The Bertz CT molecular complexity index is 341. The first-order valence-electron chi connectivity index (χ1n) is 8.14. The zero-order chi connectivity index (χ0) is 14.6. The molecule has 0 aliphatic rings. The van der Waals surface area contributed by atoms with Gasteiger partial charge >= 0.3 is 0 Å². The summed E-state index contributed by atoms with van der Waals surface area (Å²) in [6.45, 7) is 6.73. The van der Waals surface area contributed by atoms with E-state index in [1.54, 1.807) is 7.11 Å². The van der Waals surface area contributed by atoms with Crippen molar-refractivity contribution in [3.05, 3.63) is 29.8 Å². The molecule has 0 radical (unpaired) electrons. The van der Waals surface area contributed by atoms with Crippen LogP contribution < -0.4 is 10.1 Å². The van der Waals surface area contributed by atoms with Crippen molar-refractivity contribution in [1.29, 1.82) is 0 Å². The minimum absolute atomic E-state index is 0.712. The minimum Gasteiger partial charge on any atom is -0.496 e. The Kier molecular flexibility index (Phi) is 9.14. The molecule has 20 heavy (non-hydrogen) atoms. The van der Waals surface area contributed by atoms with Gasteiger partial charge in [-0.05, 0) is 49.9 Å². The maximum atomic E-state index is 5.48. The summed E-state index contributed by atoms with van der Waals surface area (Å²) in [5.74, 6) is 1.74. The summed E-state index contributed by atoms with van der Waals surface area (Å²) < 4.78 is 5.48. The fourth-order valence-corrected chi connectivity index (χ4v) is 2.62. The second-order valence-electron chi connectivity index (χ2n) is 5.58. The van der Waals surface area contributed by atoms with Crippen molar-refractivity contribution in [2.24, 2.45) is 5.92 Å². The zero-order valence-electron chi connectivity index (χ0n) is 13.5. The third-order valence-corrected chi connectivity index (χ3v) is 3.78. The number of para-hydroxylation sites is 1. The van der Waals surface area contributed by atoms with Crippen LogP contribution in [-0.4, -0.2) is 20.2 Å². The summed E-state index contributed by atoms with van der Waals surface area (Å²) in [4.78, 5) is 0. The van der Waals surface area contributed by atoms with Gasteiger partial charge in [-0.2, -0.15) is 0 Å². The second-order valence-corrected chi connectivity index (χ2v) is 5.58. The fourth-order valence-electron chi connectivity index (χ4n) is 2.62. The van der Waals surface area contributed by atoms with Crippen molar-refractivity contribution in [3.63, 3.8) is 0 Å². The van der Waals surface area contributed by atoms with Gasteiger partial charge in [0.25, 0.3) is 0 Å². The molecule has 0 aliphatic heterocycles. The quantitative estimate of drug-likeness (QED) is 0.604. The number of hydrogen-bond donors (Lipinski definition) is 1. The Morgan fingerprint density at radius 2 is 1.90 bits per heavy atom. The van der Waals surface area contributed by atoms with E-state index >= 15 is 0 Å². The first kappa shape index (κ1) is 17.0. The molecule has 0 saturated carbocycles. The van der Waals surface area contributed by atoms with Crippen LogP contribution in [0.3, 0.4) is 0 Å². The molecule has 114 valence electrons. The SMILES string of the molecule is CCCCCC(CNCCC)Cc1ccccc1OC. The normalized spacial score (nSPS) is 12.3. The lowest BCUT2D eigenvalue weighted by Gasteiger charge is -2.19. The second kappa shape index (κ2) is 10.7. The summed E-state index contributed by atoms with van der Waals surface area (Å²) in [6, 6.07) is 8.42. The number of rotatable bonds is 11. The number of ether oxygens (including phenoxy) is 1.